The monoisotopic (exact) mass is 397 g/mol. The van der Waals surface area contributed by atoms with E-state index >= 15 is 0 Å². The number of hydrogen-bond donors (Lipinski definition) is 2. The summed E-state index contributed by atoms with van der Waals surface area (Å²) in [4.78, 5) is 28.8. The molecule has 0 saturated carbocycles. The van der Waals surface area contributed by atoms with Gasteiger partial charge in [0.05, 0.1) is 12.1 Å². The number of nitrogens with one attached hydrogen (secondary N) is 2. The predicted octanol–water partition coefficient (Wildman–Crippen LogP) is 4.26. The van der Waals surface area contributed by atoms with E-state index in [1.165, 1.54) is 0 Å². The Bertz CT molecular complexity index is 1020. The van der Waals surface area contributed by atoms with Crippen molar-refractivity contribution >= 4 is 40.1 Å². The van der Waals surface area contributed by atoms with Crippen LogP contribution in [0.2, 0.25) is 0 Å². The number of fused-ring (bicyclic) bond motifs is 3. The third-order valence-electron chi connectivity index (χ3n) is 3.98. The van der Waals surface area contributed by atoms with Crippen LogP contribution in [0.4, 0.5) is 10.6 Å². The summed E-state index contributed by atoms with van der Waals surface area (Å²) in [5.74, 6) is 1.28. The van der Waals surface area contributed by atoms with Crippen LogP contribution >= 0.6 is 0 Å². The molecule has 3 aromatic rings. The number of pyridine rings is 1. The molecule has 1 amide bonds. The lowest BCUT2D eigenvalue weighted by molar-refractivity contribution is 0.129. The molecule has 2 aromatic heterocycles. The summed E-state index contributed by atoms with van der Waals surface area (Å²) in [6.07, 6.45) is 1.74. The number of aromatic nitrogens is 3. The molecule has 8 nitrogen and oxygen atoms in total. The quantitative estimate of drug-likeness (QED) is 0.458. The minimum atomic E-state index is -0.439. The normalized spacial score (nSPS) is 12.1. The molecule has 0 radical (unpaired) electrons. The Morgan fingerprint density at radius 3 is 2.83 bits per heavy atom. The van der Waals surface area contributed by atoms with Gasteiger partial charge in [-0.2, -0.15) is 0 Å². The third-order valence-corrected chi connectivity index (χ3v) is 3.98. The van der Waals surface area contributed by atoms with Gasteiger partial charge in [-0.15, -0.1) is 0 Å². The van der Waals surface area contributed by atoms with Crippen LogP contribution in [0.3, 0.4) is 0 Å². The first-order valence-electron chi connectivity index (χ1n) is 9.70. The zero-order valence-electron chi connectivity index (χ0n) is 17.3. The lowest BCUT2D eigenvalue weighted by Gasteiger charge is -2.19. The Kier molecular flexibility index (Phi) is 6.43. The van der Waals surface area contributed by atoms with Gasteiger partial charge in [0.25, 0.3) is 0 Å². The van der Waals surface area contributed by atoms with Crippen molar-refractivity contribution in [3.8, 4) is 0 Å². The average Bonchev–Trinajstić information content (AvgIpc) is 3.09. The number of ether oxygens (including phenoxy) is 2. The van der Waals surface area contributed by atoms with Crippen LogP contribution in [-0.4, -0.2) is 46.0 Å². The van der Waals surface area contributed by atoms with Crippen LogP contribution in [-0.2, 0) is 16.1 Å². The highest BCUT2D eigenvalue weighted by atomic mass is 16.5. The minimum Gasteiger partial charge on any atom is -0.449 e. The molecular weight excluding hydrogens is 370 g/mol. The zero-order chi connectivity index (χ0) is 20.9. The van der Waals surface area contributed by atoms with Gasteiger partial charge in [0.2, 0.25) is 0 Å². The van der Waals surface area contributed by atoms with Gasteiger partial charge >= 0.3 is 6.09 Å². The topological polar surface area (TPSA) is 101 Å². The molecule has 0 aliphatic heterocycles. The highest BCUT2D eigenvalue weighted by Crippen LogP contribution is 2.29. The molecule has 2 N–H and O–H groups in total. The van der Waals surface area contributed by atoms with Crippen molar-refractivity contribution in [3.63, 3.8) is 0 Å². The molecule has 29 heavy (non-hydrogen) atoms. The van der Waals surface area contributed by atoms with Gasteiger partial charge in [-0.3, -0.25) is 0 Å². The molecular formula is C21H27N5O3. The maximum Gasteiger partial charge on any atom is 0.407 e. The molecule has 0 aliphatic carbocycles. The fraction of sp³-hybridized carbons (Fsp3) is 0.429. The fourth-order valence-electron chi connectivity index (χ4n) is 2.78. The molecule has 0 saturated heterocycles. The Morgan fingerprint density at radius 1 is 1.28 bits per heavy atom. The summed E-state index contributed by atoms with van der Waals surface area (Å²) in [7, 11) is 0. The summed E-state index contributed by atoms with van der Waals surface area (Å²) in [6, 6.07) is 7.82. The molecule has 0 atom stereocenters. The van der Waals surface area contributed by atoms with Crippen LogP contribution in [0, 0.1) is 0 Å². The van der Waals surface area contributed by atoms with Crippen LogP contribution in [0.5, 0.6) is 0 Å². The molecule has 0 spiro atoms. The van der Waals surface area contributed by atoms with Crippen LogP contribution in [0.25, 0.3) is 21.9 Å². The number of para-hydroxylation sites is 1. The largest absolute Gasteiger partial charge is 0.449 e. The van der Waals surface area contributed by atoms with E-state index in [1.54, 1.807) is 6.21 Å². The van der Waals surface area contributed by atoms with Gasteiger partial charge in [0.15, 0.2) is 5.82 Å². The third kappa shape index (κ3) is 5.51. The van der Waals surface area contributed by atoms with E-state index in [9.17, 15) is 4.79 Å². The lowest BCUT2D eigenvalue weighted by Crippen LogP contribution is -2.41. The van der Waals surface area contributed by atoms with Gasteiger partial charge < -0.3 is 19.8 Å². The number of carbonyl (C=O) groups excluding carboxylic acids is 1. The molecule has 1 aromatic carbocycles. The first kappa shape index (κ1) is 20.7. The predicted molar refractivity (Wildman–Crippen MR) is 114 cm³/mol. The highest BCUT2D eigenvalue weighted by molar-refractivity contribution is 6.06. The number of H-pyrrole nitrogens is 1. The maximum absolute atomic E-state index is 11.7. The Morgan fingerprint density at radius 2 is 2.07 bits per heavy atom. The number of benzene rings is 1. The van der Waals surface area contributed by atoms with Crippen molar-refractivity contribution in [2.75, 3.05) is 13.2 Å². The Hall–Kier alpha value is -3.00. The number of amides is 1. The number of alkyl carbamates (subject to hydrolysis) is 1. The van der Waals surface area contributed by atoms with E-state index in [0.717, 1.165) is 27.8 Å². The van der Waals surface area contributed by atoms with E-state index < -0.39 is 6.09 Å². The van der Waals surface area contributed by atoms with Crippen LogP contribution in [0.15, 0.2) is 29.3 Å². The SMILES string of the molecule is CCOCc1nc2c([nH]1)c(N=CCCOC(=O)NC(C)(C)C)nc1ccccc12. The van der Waals surface area contributed by atoms with Gasteiger partial charge in [0, 0.05) is 30.2 Å². The van der Waals surface area contributed by atoms with Gasteiger partial charge in [0.1, 0.15) is 23.5 Å². The summed E-state index contributed by atoms with van der Waals surface area (Å²) in [6.45, 7) is 8.90. The standard InChI is InChI=1S/C21H27N5O3/c1-5-28-13-16-24-17-14-9-6-7-10-15(14)23-19(18(17)25-16)22-11-8-12-29-20(27)26-21(2,3)4/h6-7,9-11H,5,8,12-13H2,1-4H3,(H,24,25)(H,26,27). The molecule has 0 aliphatic rings. The molecule has 2 heterocycles. The van der Waals surface area contributed by atoms with E-state index in [1.807, 2.05) is 52.0 Å². The van der Waals surface area contributed by atoms with Crippen molar-refractivity contribution < 1.29 is 14.3 Å². The van der Waals surface area contributed by atoms with Gasteiger partial charge in [-0.1, -0.05) is 18.2 Å². The van der Waals surface area contributed by atoms with Crippen molar-refractivity contribution in [2.24, 2.45) is 4.99 Å². The zero-order valence-corrected chi connectivity index (χ0v) is 17.3. The highest BCUT2D eigenvalue weighted by Gasteiger charge is 2.14. The molecule has 0 fully saturated rings. The fourth-order valence-corrected chi connectivity index (χ4v) is 2.78. The van der Waals surface area contributed by atoms with Gasteiger partial charge in [-0.05, 0) is 33.8 Å². The minimum absolute atomic E-state index is 0.237. The first-order chi connectivity index (χ1) is 13.9. The molecule has 0 bridgehead atoms. The first-order valence-corrected chi connectivity index (χ1v) is 9.70. The smallest absolute Gasteiger partial charge is 0.407 e. The van der Waals surface area contributed by atoms with E-state index in [2.05, 4.69) is 25.3 Å². The number of hydrogen-bond acceptors (Lipinski definition) is 6. The van der Waals surface area contributed by atoms with Crippen molar-refractivity contribution in [3.05, 3.63) is 30.1 Å². The van der Waals surface area contributed by atoms with Crippen LogP contribution in [0.1, 0.15) is 39.9 Å². The van der Waals surface area contributed by atoms with Crippen molar-refractivity contribution in [2.45, 2.75) is 46.3 Å². The molecule has 3 rings (SSSR count). The molecule has 0 unspecified atom stereocenters. The number of aromatic amines is 1. The van der Waals surface area contributed by atoms with Gasteiger partial charge in [-0.25, -0.2) is 19.8 Å². The number of nitrogens with zero attached hydrogens (tertiary/aromatic N) is 3. The van der Waals surface area contributed by atoms with E-state index in [4.69, 9.17) is 9.47 Å². The Labute approximate surface area is 169 Å². The summed E-state index contributed by atoms with van der Waals surface area (Å²) in [5, 5.41) is 3.71. The van der Waals surface area contributed by atoms with Crippen molar-refractivity contribution in [1.82, 2.24) is 20.3 Å². The maximum atomic E-state index is 11.7. The molecule has 8 heteroatoms. The van der Waals surface area contributed by atoms with E-state index in [0.29, 0.717) is 25.5 Å². The average molecular weight is 397 g/mol. The number of rotatable bonds is 7. The van der Waals surface area contributed by atoms with Crippen LogP contribution < -0.4 is 5.32 Å². The van der Waals surface area contributed by atoms with Crippen molar-refractivity contribution in [1.29, 1.82) is 0 Å². The number of aliphatic imine (C=N–C) groups is 1. The van der Waals surface area contributed by atoms with E-state index in [-0.39, 0.29) is 12.1 Å². The molecule has 154 valence electrons. The summed E-state index contributed by atoms with van der Waals surface area (Å²) < 4.78 is 10.6. The summed E-state index contributed by atoms with van der Waals surface area (Å²) in [5.41, 5.74) is 2.08. The number of imidazole rings is 1. The second-order valence-electron chi connectivity index (χ2n) is 7.61. The second-order valence-corrected chi connectivity index (χ2v) is 7.61. The second kappa shape index (κ2) is 9.00. The summed E-state index contributed by atoms with van der Waals surface area (Å²) >= 11 is 0. The number of carbonyl (C=O) groups is 1. The lowest BCUT2D eigenvalue weighted by atomic mass is 10.1. The Balaban J connectivity index is 1.76.